The SMILES string of the molecule is Cc1ccc(C(C)N2CCN(C(=O)CC[C@@H](C(=O)O)N3C(=O)c4ccccc4C3=O)CC2)cc1C. The number of hydrogen-bond donors (Lipinski definition) is 1. The summed E-state index contributed by atoms with van der Waals surface area (Å²) in [7, 11) is 0. The van der Waals surface area contributed by atoms with Crippen molar-refractivity contribution in [1.82, 2.24) is 14.7 Å². The van der Waals surface area contributed by atoms with Crippen LogP contribution in [0.5, 0.6) is 0 Å². The largest absolute Gasteiger partial charge is 0.480 e. The fourth-order valence-electron chi connectivity index (χ4n) is 4.87. The molecule has 1 saturated heterocycles. The van der Waals surface area contributed by atoms with Gasteiger partial charge in [0.25, 0.3) is 11.8 Å². The summed E-state index contributed by atoms with van der Waals surface area (Å²) in [4.78, 5) is 55.1. The maximum Gasteiger partial charge on any atom is 0.326 e. The number of fused-ring (bicyclic) bond motifs is 1. The number of nitrogens with zero attached hydrogens (tertiary/aromatic N) is 3. The third-order valence-electron chi connectivity index (χ3n) is 7.28. The molecule has 2 aromatic carbocycles. The summed E-state index contributed by atoms with van der Waals surface area (Å²) in [5, 5.41) is 9.73. The zero-order valence-electron chi connectivity index (χ0n) is 20.4. The molecule has 2 aliphatic rings. The molecule has 2 aromatic rings. The molecule has 0 bridgehead atoms. The summed E-state index contributed by atoms with van der Waals surface area (Å²) >= 11 is 0. The summed E-state index contributed by atoms with van der Waals surface area (Å²) in [6, 6.07) is 11.6. The van der Waals surface area contributed by atoms with Gasteiger partial charge in [-0.3, -0.25) is 24.2 Å². The minimum Gasteiger partial charge on any atom is -0.480 e. The van der Waals surface area contributed by atoms with Crippen LogP contribution in [-0.2, 0) is 9.59 Å². The maximum absolute atomic E-state index is 12.9. The fraction of sp³-hybridized carbons (Fsp3) is 0.407. The van der Waals surface area contributed by atoms with Crippen LogP contribution in [0.15, 0.2) is 42.5 Å². The number of aryl methyl sites for hydroxylation is 2. The van der Waals surface area contributed by atoms with Crippen LogP contribution in [0.1, 0.15) is 63.2 Å². The fourth-order valence-corrected chi connectivity index (χ4v) is 4.87. The third-order valence-corrected chi connectivity index (χ3v) is 7.28. The van der Waals surface area contributed by atoms with Gasteiger partial charge in [-0.1, -0.05) is 30.3 Å². The second kappa shape index (κ2) is 10.00. The van der Waals surface area contributed by atoms with Crippen molar-refractivity contribution in [1.29, 1.82) is 0 Å². The van der Waals surface area contributed by atoms with E-state index in [2.05, 4.69) is 43.9 Å². The van der Waals surface area contributed by atoms with Crippen LogP contribution in [0.25, 0.3) is 0 Å². The van der Waals surface area contributed by atoms with E-state index in [-0.39, 0.29) is 35.9 Å². The van der Waals surface area contributed by atoms with Crippen molar-refractivity contribution in [2.45, 2.75) is 45.7 Å². The third kappa shape index (κ3) is 4.84. The molecule has 2 atom stereocenters. The highest BCUT2D eigenvalue weighted by Gasteiger charge is 2.43. The van der Waals surface area contributed by atoms with Gasteiger partial charge in [-0.05, 0) is 56.0 Å². The van der Waals surface area contributed by atoms with E-state index in [9.17, 15) is 24.3 Å². The molecule has 0 saturated carbocycles. The standard InChI is InChI=1S/C27H31N3O5/c1-17-8-9-20(16-18(17)2)19(3)28-12-14-29(15-13-28)24(31)11-10-23(27(34)35)30-25(32)21-6-4-5-7-22(21)26(30)33/h4-9,16,19,23H,10-15H2,1-3H3,(H,34,35)/t19?,23-/m0/s1. The van der Waals surface area contributed by atoms with Crippen LogP contribution in [0.3, 0.4) is 0 Å². The molecule has 4 rings (SSSR count). The van der Waals surface area contributed by atoms with Crippen molar-refractivity contribution in [3.8, 4) is 0 Å². The van der Waals surface area contributed by atoms with Crippen molar-refractivity contribution < 1.29 is 24.3 Å². The van der Waals surface area contributed by atoms with Gasteiger partial charge < -0.3 is 10.0 Å². The number of carbonyl (C=O) groups is 4. The Morgan fingerprint density at radius 3 is 2.06 bits per heavy atom. The lowest BCUT2D eigenvalue weighted by molar-refractivity contribution is -0.142. The number of imide groups is 1. The van der Waals surface area contributed by atoms with E-state index in [1.807, 2.05) is 0 Å². The highest BCUT2D eigenvalue weighted by molar-refractivity contribution is 6.22. The molecular formula is C27H31N3O5. The van der Waals surface area contributed by atoms with E-state index in [0.29, 0.717) is 13.1 Å². The molecule has 3 amide bonds. The van der Waals surface area contributed by atoms with Gasteiger partial charge in [-0.15, -0.1) is 0 Å². The van der Waals surface area contributed by atoms with Crippen molar-refractivity contribution in [2.24, 2.45) is 0 Å². The Bertz CT molecular complexity index is 1130. The molecule has 2 heterocycles. The molecule has 0 aromatic heterocycles. The molecule has 1 fully saturated rings. The molecular weight excluding hydrogens is 446 g/mol. The number of rotatable bonds is 7. The van der Waals surface area contributed by atoms with E-state index in [1.165, 1.54) is 28.8 Å². The quantitative estimate of drug-likeness (QED) is 0.616. The van der Waals surface area contributed by atoms with Gasteiger partial charge in [0, 0.05) is 38.6 Å². The first-order chi connectivity index (χ1) is 16.7. The van der Waals surface area contributed by atoms with Crippen molar-refractivity contribution in [3.63, 3.8) is 0 Å². The molecule has 8 heteroatoms. The maximum atomic E-state index is 12.9. The zero-order chi connectivity index (χ0) is 25.3. The summed E-state index contributed by atoms with van der Waals surface area (Å²) in [6.45, 7) is 8.92. The summed E-state index contributed by atoms with van der Waals surface area (Å²) in [6.07, 6.45) is -0.157. The number of carboxylic acids is 1. The lowest BCUT2D eigenvalue weighted by Crippen LogP contribution is -2.50. The Morgan fingerprint density at radius 2 is 1.51 bits per heavy atom. The van der Waals surface area contributed by atoms with Crippen molar-refractivity contribution in [2.75, 3.05) is 26.2 Å². The van der Waals surface area contributed by atoms with Crippen molar-refractivity contribution in [3.05, 3.63) is 70.3 Å². The second-order valence-electron chi connectivity index (χ2n) is 9.36. The van der Waals surface area contributed by atoms with Crippen LogP contribution >= 0.6 is 0 Å². The van der Waals surface area contributed by atoms with E-state index in [4.69, 9.17) is 0 Å². The van der Waals surface area contributed by atoms with E-state index in [1.54, 1.807) is 17.0 Å². The highest BCUT2D eigenvalue weighted by atomic mass is 16.4. The van der Waals surface area contributed by atoms with Crippen LogP contribution < -0.4 is 0 Å². The first-order valence-corrected chi connectivity index (χ1v) is 12.0. The highest BCUT2D eigenvalue weighted by Crippen LogP contribution is 2.27. The minimum atomic E-state index is -1.38. The summed E-state index contributed by atoms with van der Waals surface area (Å²) in [5.74, 6) is -2.70. The molecule has 0 spiro atoms. The first kappa shape index (κ1) is 24.6. The Balaban J connectivity index is 1.34. The molecule has 1 unspecified atom stereocenters. The molecule has 35 heavy (non-hydrogen) atoms. The van der Waals surface area contributed by atoms with Gasteiger partial charge in [-0.25, -0.2) is 4.79 Å². The molecule has 0 aliphatic carbocycles. The number of benzene rings is 2. The number of carbonyl (C=O) groups excluding carboxylic acids is 3. The van der Waals surface area contributed by atoms with E-state index in [0.717, 1.165) is 18.0 Å². The van der Waals surface area contributed by atoms with Gasteiger partial charge in [0.1, 0.15) is 6.04 Å². The molecule has 184 valence electrons. The van der Waals surface area contributed by atoms with Gasteiger partial charge in [0.15, 0.2) is 0 Å². The Morgan fingerprint density at radius 1 is 0.914 bits per heavy atom. The average Bonchev–Trinajstić information content (AvgIpc) is 3.10. The molecule has 2 aliphatic heterocycles. The Kier molecular flexibility index (Phi) is 7.03. The van der Waals surface area contributed by atoms with Crippen molar-refractivity contribution >= 4 is 23.7 Å². The molecule has 1 N–H and O–H groups in total. The summed E-state index contributed by atoms with van der Waals surface area (Å²) in [5.41, 5.74) is 4.16. The number of piperazine rings is 1. The molecule has 8 nitrogen and oxygen atoms in total. The number of hydrogen-bond acceptors (Lipinski definition) is 5. The predicted molar refractivity (Wildman–Crippen MR) is 130 cm³/mol. The Hall–Kier alpha value is -3.52. The van der Waals surface area contributed by atoms with Crippen LogP contribution in [0.4, 0.5) is 0 Å². The molecule has 0 radical (unpaired) electrons. The van der Waals surface area contributed by atoms with Gasteiger partial charge in [-0.2, -0.15) is 0 Å². The van der Waals surface area contributed by atoms with Crippen LogP contribution in [0, 0.1) is 13.8 Å². The predicted octanol–water partition coefficient (Wildman–Crippen LogP) is 3.04. The first-order valence-electron chi connectivity index (χ1n) is 12.0. The normalized spacial score (nSPS) is 17.9. The van der Waals surface area contributed by atoms with Gasteiger partial charge in [0.05, 0.1) is 11.1 Å². The van der Waals surface area contributed by atoms with E-state index < -0.39 is 23.8 Å². The van der Waals surface area contributed by atoms with Crippen LogP contribution in [0.2, 0.25) is 0 Å². The second-order valence-corrected chi connectivity index (χ2v) is 9.36. The van der Waals surface area contributed by atoms with E-state index >= 15 is 0 Å². The summed E-state index contributed by atoms with van der Waals surface area (Å²) < 4.78 is 0. The Labute approximate surface area is 205 Å². The number of amides is 3. The minimum absolute atomic E-state index is 0.0446. The van der Waals surface area contributed by atoms with Gasteiger partial charge in [0.2, 0.25) is 5.91 Å². The monoisotopic (exact) mass is 477 g/mol. The lowest BCUT2D eigenvalue weighted by Gasteiger charge is -2.38. The van der Waals surface area contributed by atoms with Crippen LogP contribution in [-0.4, -0.2) is 75.7 Å². The smallest absolute Gasteiger partial charge is 0.326 e. The number of aliphatic carboxylic acids is 1. The lowest BCUT2D eigenvalue weighted by atomic mass is 10.0. The topological polar surface area (TPSA) is 98.2 Å². The zero-order valence-corrected chi connectivity index (χ0v) is 20.4. The number of carboxylic acid groups (broad SMARTS) is 1. The average molecular weight is 478 g/mol. The van der Waals surface area contributed by atoms with Gasteiger partial charge >= 0.3 is 5.97 Å².